The summed E-state index contributed by atoms with van der Waals surface area (Å²) in [6, 6.07) is 0.171. The van der Waals surface area contributed by atoms with Crippen molar-refractivity contribution in [2.24, 2.45) is 0 Å². The number of imide groups is 2. The minimum atomic E-state index is -0.683. The third kappa shape index (κ3) is 43.0. The zero-order chi connectivity index (χ0) is 47.3. The Morgan fingerprint density at radius 1 is 0.742 bits per heavy atom. The predicted molar refractivity (Wildman–Crippen MR) is 255 cm³/mol. The zero-order valence-corrected chi connectivity index (χ0v) is 51.3. The van der Waals surface area contributed by atoms with Gasteiger partial charge in [-0.1, -0.05) is 71.6 Å². The van der Waals surface area contributed by atoms with Crippen molar-refractivity contribution in [3.05, 3.63) is 18.4 Å². The molecule has 66 heavy (non-hydrogen) atoms. The van der Waals surface area contributed by atoms with E-state index in [-0.39, 0.29) is 128 Å². The third-order valence-corrected chi connectivity index (χ3v) is 10.8. The predicted octanol–water partition coefficient (Wildman–Crippen LogP) is 8.44. The molecule has 5 N–H and O–H groups in total. The summed E-state index contributed by atoms with van der Waals surface area (Å²) >= 11 is 0. The van der Waals surface area contributed by atoms with E-state index >= 15 is 0 Å². The van der Waals surface area contributed by atoms with Gasteiger partial charge in [-0.05, 0) is 73.1 Å². The molecule has 0 saturated carbocycles. The summed E-state index contributed by atoms with van der Waals surface area (Å²) in [4.78, 5) is 44.4. The van der Waals surface area contributed by atoms with Crippen LogP contribution in [0.4, 0.5) is 9.59 Å². The molecule has 6 unspecified atom stereocenters. The minimum Gasteiger partial charge on any atom is -0.677 e. The first kappa shape index (κ1) is 73.9. The van der Waals surface area contributed by atoms with E-state index in [0.29, 0.717) is 77.5 Å². The molecule has 0 aromatic carbocycles. The number of unbranched alkanes of at least 4 members (excludes halogenated alkanes) is 11. The van der Waals surface area contributed by atoms with Gasteiger partial charge in [0.05, 0.1) is 31.0 Å². The van der Waals surface area contributed by atoms with E-state index in [2.05, 4.69) is 49.7 Å². The Kier molecular flexibility index (Phi) is 54.4. The van der Waals surface area contributed by atoms with Crippen LogP contribution in [0.5, 0.6) is 0 Å². The molecule has 0 bridgehead atoms. The molecule has 2 aliphatic heterocycles. The Balaban J connectivity index is -0.000000656. The molecule has 6 atom stereocenters. The van der Waals surface area contributed by atoms with Gasteiger partial charge in [0.15, 0.2) is 0 Å². The quantitative estimate of drug-likeness (QED) is 0.0179. The molecule has 0 aromatic rings. The molecular formula is C47H95N8O8Y3-3. The zero-order valence-electron chi connectivity index (χ0n) is 42.8. The average molecular weight is 1170 g/mol. The van der Waals surface area contributed by atoms with Crippen LogP contribution in [-0.2, 0) is 117 Å². The molecule has 2 saturated heterocycles. The molecule has 2 fully saturated rings. The van der Waals surface area contributed by atoms with E-state index in [4.69, 9.17) is 25.7 Å². The van der Waals surface area contributed by atoms with Gasteiger partial charge in [-0.3, -0.25) is 19.9 Å². The summed E-state index contributed by atoms with van der Waals surface area (Å²) in [5, 5.41) is 23.8. The first-order chi connectivity index (χ1) is 30.2. The maximum atomic E-state index is 13.4. The fraction of sp³-hybridized carbons (Fsp3) is 0.915. The third-order valence-electron chi connectivity index (χ3n) is 10.8. The number of nitrogens with zero attached hydrogens (tertiary/aromatic N) is 5. The summed E-state index contributed by atoms with van der Waals surface area (Å²) < 4.78 is 16.3. The van der Waals surface area contributed by atoms with E-state index < -0.39 is 6.03 Å². The van der Waals surface area contributed by atoms with Gasteiger partial charge in [-0.25, -0.2) is 14.5 Å². The molecule has 16 nitrogen and oxygen atoms in total. The van der Waals surface area contributed by atoms with Gasteiger partial charge < -0.3 is 47.8 Å². The van der Waals surface area contributed by atoms with Crippen LogP contribution < -0.4 is 5.32 Å². The van der Waals surface area contributed by atoms with Gasteiger partial charge in [0.1, 0.15) is 0 Å². The van der Waals surface area contributed by atoms with Gasteiger partial charge in [0.2, 0.25) is 6.41 Å². The van der Waals surface area contributed by atoms with Crippen molar-refractivity contribution in [3.63, 3.8) is 0 Å². The Morgan fingerprint density at radius 2 is 1.23 bits per heavy atom. The van der Waals surface area contributed by atoms with E-state index in [1.165, 1.54) is 5.06 Å². The molecule has 0 aliphatic carbocycles. The molecule has 19 heteroatoms. The van der Waals surface area contributed by atoms with Gasteiger partial charge in [-0.15, -0.1) is 6.54 Å². The molecule has 383 valence electrons. The summed E-state index contributed by atoms with van der Waals surface area (Å²) in [7, 11) is 0. The number of β-amino-alcohol motifs (C(OH)–C–C–N with tert-alkyl or cyclic N) is 1. The maximum absolute atomic E-state index is 13.4. The SMILES string of the molecule is CC(C)(C)OCC[NH-].CCCCOCC(O)CN1CC1C.[CH2-]CCCCCN(C(=O)NC=O)C(=O)N(CCCCCC[NH-])CCCCCCN(O)C(COCCCC)CN1CC1C.[Y].[Y].[Y]. The minimum absolute atomic E-state index is 0. The molecule has 0 aromatic heterocycles. The van der Waals surface area contributed by atoms with E-state index in [1.54, 1.807) is 4.90 Å². The molecule has 2 rings (SSSR count). The van der Waals surface area contributed by atoms with Crippen molar-refractivity contribution in [2.45, 2.75) is 181 Å². The number of rotatable bonds is 36. The van der Waals surface area contributed by atoms with Crippen LogP contribution in [0.25, 0.3) is 11.5 Å². The number of amides is 5. The first-order valence-electron chi connectivity index (χ1n) is 24.5. The van der Waals surface area contributed by atoms with Crippen LogP contribution in [0.2, 0.25) is 0 Å². The van der Waals surface area contributed by atoms with Crippen molar-refractivity contribution in [3.8, 4) is 0 Å². The topological polar surface area (TPSA) is 195 Å². The van der Waals surface area contributed by atoms with E-state index in [9.17, 15) is 24.7 Å². The fourth-order valence-electron chi connectivity index (χ4n) is 6.61. The second-order valence-electron chi connectivity index (χ2n) is 18.1. The number of hydrogen-bond acceptors (Lipinski definition) is 11. The Labute approximate surface area is 478 Å². The summed E-state index contributed by atoms with van der Waals surface area (Å²) in [5.41, 5.74) is 14.0. The van der Waals surface area contributed by atoms with Crippen molar-refractivity contribution in [1.29, 1.82) is 0 Å². The number of carbonyl (C=O) groups is 3. The number of nitrogens with one attached hydrogen (secondary N) is 3. The molecule has 2 heterocycles. The van der Waals surface area contributed by atoms with E-state index in [0.717, 1.165) is 141 Å². The van der Waals surface area contributed by atoms with Gasteiger partial charge in [0.25, 0.3) is 0 Å². The van der Waals surface area contributed by atoms with Gasteiger partial charge in [-0.2, -0.15) is 18.0 Å². The molecule has 2 aliphatic rings. The summed E-state index contributed by atoms with van der Waals surface area (Å²) in [6.07, 6.45) is 14.6. The van der Waals surface area contributed by atoms with Crippen molar-refractivity contribution >= 4 is 18.5 Å². The standard InChI is InChI=1S/C31H60N6O5.C10H21NO2.C6H14NO.3Y/c1-4-6-8-16-21-36(30(39)33-27-38)31(40)34(19-14-10-9-13-18-32)20-15-11-12-17-22-37(41)29(25-35-24-28(35)3)26-42-23-7-5-2;1-3-4-5-13-8-10(12)7-11-6-9(11)2;1-6(2,3)8-5-4-7;;;/h27-29,32,41H,1,4-26H2,2-3H3,(H,33,38,39);9-10,12H,3-8H2,1-2H3;7H,4-5H2,1-3H3;;;/q-2;;-1;;;. The number of ether oxygens (including phenoxy) is 3. The fourth-order valence-corrected chi connectivity index (χ4v) is 6.61. The summed E-state index contributed by atoms with van der Waals surface area (Å²) in [6.45, 7) is 28.0. The van der Waals surface area contributed by atoms with E-state index in [1.807, 2.05) is 20.8 Å². The van der Waals surface area contributed by atoms with Crippen LogP contribution in [0, 0.1) is 6.92 Å². The number of urea groups is 2. The number of aliphatic hydroxyl groups is 1. The Bertz CT molecular complexity index is 1120. The molecular weight excluding hydrogens is 1070 g/mol. The second kappa shape index (κ2) is 48.6. The smallest absolute Gasteiger partial charge is 0.331 e. The number of hydrogen-bond donors (Lipinski definition) is 3. The number of carbonyl (C=O) groups excluding carboxylic acids is 3. The molecule has 3 radical (unpaired) electrons. The second-order valence-corrected chi connectivity index (χ2v) is 18.1. The van der Waals surface area contributed by atoms with Crippen molar-refractivity contribution in [2.75, 3.05) is 98.5 Å². The molecule has 5 amide bonds. The van der Waals surface area contributed by atoms with Crippen LogP contribution in [0.1, 0.15) is 151 Å². The van der Waals surface area contributed by atoms with Crippen molar-refractivity contribution in [1.82, 2.24) is 30.0 Å². The Morgan fingerprint density at radius 3 is 1.68 bits per heavy atom. The largest absolute Gasteiger partial charge is 0.677 e. The monoisotopic (exact) mass is 1170 g/mol. The van der Waals surface area contributed by atoms with Crippen LogP contribution in [0.3, 0.4) is 0 Å². The average Bonchev–Trinajstić information content (AvgIpc) is 4.15. The van der Waals surface area contributed by atoms with Crippen LogP contribution in [0.15, 0.2) is 0 Å². The van der Waals surface area contributed by atoms with Gasteiger partial charge >= 0.3 is 12.1 Å². The maximum Gasteiger partial charge on any atom is 0.331 e. The first-order valence-corrected chi connectivity index (χ1v) is 24.5. The van der Waals surface area contributed by atoms with Crippen LogP contribution >= 0.6 is 0 Å². The van der Waals surface area contributed by atoms with Gasteiger partial charge in [0, 0.05) is 182 Å². The Hall–Kier alpha value is 1.32. The van der Waals surface area contributed by atoms with Crippen LogP contribution in [-0.4, -0.2) is 182 Å². The normalized spacial score (nSPS) is 17.8. The molecule has 0 spiro atoms. The van der Waals surface area contributed by atoms with Crippen molar-refractivity contribution < 1.29 is 137 Å². The summed E-state index contributed by atoms with van der Waals surface area (Å²) in [5.74, 6) is 0. The number of hydroxylamine groups is 2. The number of aliphatic hydroxyl groups excluding tert-OH is 1.